The lowest BCUT2D eigenvalue weighted by Crippen LogP contribution is -2.43. The van der Waals surface area contributed by atoms with Gasteiger partial charge >= 0.3 is 0 Å². The van der Waals surface area contributed by atoms with E-state index in [1.54, 1.807) is 0 Å². The largest absolute Gasteiger partial charge is 0.393 e. The molecule has 2 N–H and O–H groups in total. The number of hydrogen-bond donors (Lipinski definition) is 2. The molecule has 0 radical (unpaired) electrons. The van der Waals surface area contributed by atoms with Crippen LogP contribution in [-0.4, -0.2) is 33.6 Å². The van der Waals surface area contributed by atoms with Gasteiger partial charge in [0.2, 0.25) is 0 Å². The van der Waals surface area contributed by atoms with Crippen molar-refractivity contribution < 1.29 is 14.9 Å². The SMILES string of the molecule is CC(C1CCC(O)CC1)C1(C2CCC(O)CC2)OC1(C)C. The molecular weight excluding hydrogens is 264 g/mol. The molecule has 3 nitrogen and oxygen atoms in total. The molecule has 0 aromatic carbocycles. The minimum atomic E-state index is -0.0969. The Morgan fingerprint density at radius 1 is 0.857 bits per heavy atom. The van der Waals surface area contributed by atoms with Crippen LogP contribution in [0.2, 0.25) is 0 Å². The Labute approximate surface area is 129 Å². The van der Waals surface area contributed by atoms with Crippen molar-refractivity contribution in [2.75, 3.05) is 0 Å². The maximum absolute atomic E-state index is 9.79. The fourth-order valence-electron chi connectivity index (χ4n) is 5.44. The van der Waals surface area contributed by atoms with E-state index < -0.39 is 0 Å². The molecule has 0 spiro atoms. The van der Waals surface area contributed by atoms with Gasteiger partial charge in [0.05, 0.1) is 17.8 Å². The fourth-order valence-corrected chi connectivity index (χ4v) is 5.44. The normalized spacial score (nSPS) is 47.9. The van der Waals surface area contributed by atoms with E-state index in [2.05, 4.69) is 20.8 Å². The van der Waals surface area contributed by atoms with Crippen LogP contribution in [0.25, 0.3) is 0 Å². The van der Waals surface area contributed by atoms with Crippen molar-refractivity contribution in [3.8, 4) is 0 Å². The van der Waals surface area contributed by atoms with Gasteiger partial charge in [-0.3, -0.25) is 0 Å². The number of epoxide rings is 1. The summed E-state index contributed by atoms with van der Waals surface area (Å²) in [6, 6.07) is 0. The lowest BCUT2D eigenvalue weighted by Gasteiger charge is -2.40. The first-order chi connectivity index (χ1) is 9.87. The molecule has 3 heteroatoms. The number of aliphatic hydroxyl groups excluding tert-OH is 2. The molecule has 122 valence electrons. The molecule has 0 aromatic rings. The number of rotatable bonds is 3. The summed E-state index contributed by atoms with van der Waals surface area (Å²) in [6.45, 7) is 6.86. The highest BCUT2D eigenvalue weighted by molar-refractivity contribution is 5.18. The third-order valence-corrected chi connectivity index (χ3v) is 6.75. The molecule has 21 heavy (non-hydrogen) atoms. The topological polar surface area (TPSA) is 53.0 Å². The van der Waals surface area contributed by atoms with Crippen LogP contribution in [0.3, 0.4) is 0 Å². The lowest BCUT2D eigenvalue weighted by atomic mass is 9.63. The number of hydrogen-bond acceptors (Lipinski definition) is 3. The van der Waals surface area contributed by atoms with Gasteiger partial charge < -0.3 is 14.9 Å². The van der Waals surface area contributed by atoms with Gasteiger partial charge in [-0.15, -0.1) is 0 Å². The van der Waals surface area contributed by atoms with Crippen molar-refractivity contribution in [1.82, 2.24) is 0 Å². The molecule has 3 fully saturated rings. The van der Waals surface area contributed by atoms with Crippen LogP contribution in [0.4, 0.5) is 0 Å². The van der Waals surface area contributed by atoms with Crippen LogP contribution in [-0.2, 0) is 4.74 Å². The van der Waals surface area contributed by atoms with Crippen molar-refractivity contribution in [2.24, 2.45) is 17.8 Å². The maximum Gasteiger partial charge on any atom is 0.103 e. The highest BCUT2D eigenvalue weighted by Gasteiger charge is 2.70. The molecule has 1 aliphatic heterocycles. The van der Waals surface area contributed by atoms with Crippen LogP contribution >= 0.6 is 0 Å². The summed E-state index contributed by atoms with van der Waals surface area (Å²) in [5.41, 5.74) is -0.00443. The first-order valence-electron chi connectivity index (χ1n) is 8.93. The monoisotopic (exact) mass is 296 g/mol. The van der Waals surface area contributed by atoms with E-state index >= 15 is 0 Å². The van der Waals surface area contributed by atoms with Crippen LogP contribution in [0.5, 0.6) is 0 Å². The summed E-state index contributed by atoms with van der Waals surface area (Å²) in [5, 5.41) is 19.5. The van der Waals surface area contributed by atoms with Crippen molar-refractivity contribution >= 4 is 0 Å². The second-order valence-electron chi connectivity index (χ2n) is 8.27. The van der Waals surface area contributed by atoms with E-state index in [1.807, 2.05) is 0 Å². The van der Waals surface area contributed by atoms with Gasteiger partial charge in [-0.2, -0.15) is 0 Å². The number of ether oxygens (including phenoxy) is 1. The molecule has 0 amide bonds. The third-order valence-electron chi connectivity index (χ3n) is 6.75. The Morgan fingerprint density at radius 3 is 1.71 bits per heavy atom. The Bertz CT molecular complexity index is 365. The molecular formula is C18H32O3. The molecule has 1 heterocycles. The summed E-state index contributed by atoms with van der Waals surface area (Å²) in [6.07, 6.45) is 8.07. The van der Waals surface area contributed by atoms with Gasteiger partial charge in [-0.1, -0.05) is 6.92 Å². The second kappa shape index (κ2) is 5.50. The van der Waals surface area contributed by atoms with Crippen molar-refractivity contribution in [3.05, 3.63) is 0 Å². The van der Waals surface area contributed by atoms with Gasteiger partial charge in [-0.05, 0) is 83.0 Å². The van der Waals surface area contributed by atoms with Gasteiger partial charge in [-0.25, -0.2) is 0 Å². The van der Waals surface area contributed by atoms with E-state index in [0.717, 1.165) is 51.4 Å². The molecule has 2 saturated carbocycles. The van der Waals surface area contributed by atoms with Gasteiger partial charge in [0.25, 0.3) is 0 Å². The molecule has 3 aliphatic rings. The number of aliphatic hydroxyl groups is 2. The Morgan fingerprint density at radius 2 is 1.29 bits per heavy atom. The zero-order chi connectivity index (χ0) is 15.3. The highest BCUT2D eigenvalue weighted by atomic mass is 16.6. The quantitative estimate of drug-likeness (QED) is 0.786. The average Bonchev–Trinajstić information content (AvgIpc) is 3.04. The zero-order valence-corrected chi connectivity index (χ0v) is 13.8. The first kappa shape index (κ1) is 15.8. The molecule has 2 atom stereocenters. The van der Waals surface area contributed by atoms with Crippen molar-refractivity contribution in [2.45, 2.75) is 95.5 Å². The molecule has 0 bridgehead atoms. The predicted octanol–water partition coefficient (Wildman–Crippen LogP) is 3.27. The summed E-state index contributed by atoms with van der Waals surface area (Å²) >= 11 is 0. The summed E-state index contributed by atoms with van der Waals surface area (Å²) < 4.78 is 6.36. The highest BCUT2D eigenvalue weighted by Crippen LogP contribution is 2.62. The van der Waals surface area contributed by atoms with E-state index in [-0.39, 0.29) is 23.4 Å². The Balaban J connectivity index is 1.72. The van der Waals surface area contributed by atoms with Crippen LogP contribution < -0.4 is 0 Å². The summed E-state index contributed by atoms with van der Waals surface area (Å²) in [4.78, 5) is 0. The Hall–Kier alpha value is -0.120. The summed E-state index contributed by atoms with van der Waals surface area (Å²) in [5.74, 6) is 1.83. The molecule has 3 rings (SSSR count). The third kappa shape index (κ3) is 2.66. The lowest BCUT2D eigenvalue weighted by molar-refractivity contribution is 0.0247. The standard InChI is InChI=1S/C18H32O3/c1-12(13-4-8-15(19)9-5-13)18(17(2,3)21-18)14-6-10-16(20)11-7-14/h12-16,19-20H,4-11H2,1-3H3. The van der Waals surface area contributed by atoms with E-state index in [1.165, 1.54) is 0 Å². The van der Waals surface area contributed by atoms with Crippen LogP contribution in [0.15, 0.2) is 0 Å². The van der Waals surface area contributed by atoms with Crippen molar-refractivity contribution in [1.29, 1.82) is 0 Å². The molecule has 1 saturated heterocycles. The second-order valence-corrected chi connectivity index (χ2v) is 8.27. The molecule has 2 unspecified atom stereocenters. The predicted molar refractivity (Wildman–Crippen MR) is 83.0 cm³/mol. The van der Waals surface area contributed by atoms with E-state index in [4.69, 9.17) is 4.74 Å². The minimum absolute atomic E-state index is 0.0140. The van der Waals surface area contributed by atoms with Gasteiger partial charge in [0.1, 0.15) is 5.60 Å². The first-order valence-corrected chi connectivity index (χ1v) is 8.93. The van der Waals surface area contributed by atoms with Gasteiger partial charge in [0, 0.05) is 0 Å². The van der Waals surface area contributed by atoms with Crippen LogP contribution in [0, 0.1) is 17.8 Å². The zero-order valence-electron chi connectivity index (χ0n) is 13.8. The molecule has 2 aliphatic carbocycles. The molecule has 0 aromatic heterocycles. The summed E-state index contributed by atoms with van der Waals surface area (Å²) in [7, 11) is 0. The smallest absolute Gasteiger partial charge is 0.103 e. The maximum atomic E-state index is 9.79. The van der Waals surface area contributed by atoms with E-state index in [9.17, 15) is 10.2 Å². The van der Waals surface area contributed by atoms with Crippen molar-refractivity contribution in [3.63, 3.8) is 0 Å². The average molecular weight is 296 g/mol. The fraction of sp³-hybridized carbons (Fsp3) is 1.00. The van der Waals surface area contributed by atoms with E-state index in [0.29, 0.717) is 17.8 Å². The Kier molecular flexibility index (Phi) is 4.13. The minimum Gasteiger partial charge on any atom is -0.393 e. The van der Waals surface area contributed by atoms with Gasteiger partial charge in [0.15, 0.2) is 0 Å². The van der Waals surface area contributed by atoms with Crippen LogP contribution in [0.1, 0.15) is 72.1 Å².